The molecule has 0 radical (unpaired) electrons. The number of thiol groups is 1. The van der Waals surface area contributed by atoms with Crippen molar-refractivity contribution >= 4 is 39.4 Å². The van der Waals surface area contributed by atoms with Gasteiger partial charge in [-0.05, 0) is 39.3 Å². The van der Waals surface area contributed by atoms with Crippen molar-refractivity contribution in [2.24, 2.45) is 0 Å². The molecule has 7 heavy (non-hydrogen) atoms. The van der Waals surface area contributed by atoms with Gasteiger partial charge in [-0.25, -0.2) is 0 Å². The van der Waals surface area contributed by atoms with Crippen molar-refractivity contribution in [3.63, 3.8) is 0 Å². The van der Waals surface area contributed by atoms with Crippen LogP contribution in [0.25, 0.3) is 0 Å². The van der Waals surface area contributed by atoms with Crippen LogP contribution in [0.15, 0.2) is 0 Å². The van der Waals surface area contributed by atoms with Gasteiger partial charge in [-0.3, -0.25) is 4.21 Å². The van der Waals surface area contributed by atoms with Crippen LogP contribution in [0.3, 0.4) is 0 Å². The molecule has 0 atom stereocenters. The van der Waals surface area contributed by atoms with Gasteiger partial charge in [0.15, 0.2) is 0 Å². The minimum absolute atomic E-state index is 0.315. The summed E-state index contributed by atoms with van der Waals surface area (Å²) in [6.07, 6.45) is 0. The van der Waals surface area contributed by atoms with Crippen molar-refractivity contribution in [3.8, 4) is 0 Å². The van der Waals surface area contributed by atoms with E-state index in [-0.39, 0.29) is 0 Å². The molecule has 3 heterocycles. The molecule has 3 aliphatic rings. The fourth-order valence-corrected chi connectivity index (χ4v) is 19.9. The Morgan fingerprint density at radius 2 is 1.86 bits per heavy atom. The van der Waals surface area contributed by atoms with E-state index < -0.39 is 7.03 Å². The van der Waals surface area contributed by atoms with E-state index in [4.69, 9.17) is 0 Å². The first-order chi connectivity index (χ1) is 3.12. The third-order valence-electron chi connectivity index (χ3n) is 0.833. The zero-order valence-corrected chi connectivity index (χ0v) is 6.92. The van der Waals surface area contributed by atoms with Crippen LogP contribution >= 0.6 is 32.4 Å². The lowest BCUT2D eigenvalue weighted by Gasteiger charge is -2.58. The Balaban J connectivity index is 2.31. The van der Waals surface area contributed by atoms with Crippen molar-refractivity contribution < 1.29 is 4.21 Å². The number of hydrogen-bond donors (Lipinski definition) is 1. The van der Waals surface area contributed by atoms with Crippen molar-refractivity contribution in [1.29, 1.82) is 0 Å². The average molecular weight is 172 g/mol. The molecule has 0 saturated carbocycles. The number of rotatable bonds is 0. The van der Waals surface area contributed by atoms with Crippen LogP contribution in [0.5, 0.6) is 0 Å². The Labute approximate surface area is 54.0 Å². The lowest BCUT2D eigenvalue weighted by molar-refractivity contribution is 0.695. The molecule has 3 aliphatic heterocycles. The Bertz CT molecular complexity index is 137. The predicted octanol–water partition coefficient (Wildman–Crippen LogP) is 1.65. The molecule has 0 N–H and O–H groups in total. The summed E-state index contributed by atoms with van der Waals surface area (Å²) < 4.78 is 11.1. The molecule has 2 bridgehead atoms. The second-order valence-electron chi connectivity index (χ2n) is 1.58. The summed E-state index contributed by atoms with van der Waals surface area (Å²) in [7, 11) is 3.29. The minimum atomic E-state index is -1.64. The fourth-order valence-electron chi connectivity index (χ4n) is 0.630. The van der Waals surface area contributed by atoms with E-state index in [1.807, 2.05) is 0 Å². The highest BCUT2D eigenvalue weighted by atomic mass is 33.9. The van der Waals surface area contributed by atoms with Crippen molar-refractivity contribution in [2.45, 2.75) is 10.3 Å². The van der Waals surface area contributed by atoms with Crippen LogP contribution in [0, 0.1) is 0 Å². The molecule has 5 heteroatoms. The summed E-state index contributed by atoms with van der Waals surface area (Å²) in [6, 6.07) is 0. The predicted molar refractivity (Wildman–Crippen MR) is 40.7 cm³/mol. The standard InChI is InChI=1S/C2H4OS4/c1-2-4-7(3,5-2)6-2/h7H,1H3. The topological polar surface area (TPSA) is 17.1 Å². The van der Waals surface area contributed by atoms with Gasteiger partial charge in [0.2, 0.25) is 0 Å². The molecule has 1 nitrogen and oxygen atoms in total. The second kappa shape index (κ2) is 1.05. The molecule has 0 unspecified atom stereocenters. The smallest absolute Gasteiger partial charge is 0.140 e. The van der Waals surface area contributed by atoms with Gasteiger partial charge in [0.25, 0.3) is 0 Å². The van der Waals surface area contributed by atoms with Crippen molar-refractivity contribution in [3.05, 3.63) is 0 Å². The van der Waals surface area contributed by atoms with Crippen LogP contribution in [0.1, 0.15) is 6.92 Å². The summed E-state index contributed by atoms with van der Waals surface area (Å²) >= 11 is 0. The van der Waals surface area contributed by atoms with E-state index in [2.05, 4.69) is 6.92 Å². The van der Waals surface area contributed by atoms with E-state index in [0.717, 1.165) is 0 Å². The van der Waals surface area contributed by atoms with Gasteiger partial charge in [0.05, 0.1) is 0 Å². The molecular formula is C2H4OS4. The maximum absolute atomic E-state index is 10.8. The van der Waals surface area contributed by atoms with E-state index in [1.54, 1.807) is 32.4 Å². The molecular weight excluding hydrogens is 168 g/mol. The van der Waals surface area contributed by atoms with E-state index >= 15 is 0 Å². The largest absolute Gasteiger partial charge is 0.255 e. The van der Waals surface area contributed by atoms with E-state index in [1.165, 1.54) is 0 Å². The molecule has 0 aromatic rings. The van der Waals surface area contributed by atoms with Gasteiger partial charge in [-0.1, -0.05) is 0 Å². The first-order valence-electron chi connectivity index (χ1n) is 1.84. The van der Waals surface area contributed by atoms with Gasteiger partial charge in [0, 0.05) is 7.03 Å². The van der Waals surface area contributed by atoms with Gasteiger partial charge in [-0.15, -0.1) is 0 Å². The van der Waals surface area contributed by atoms with Crippen LogP contribution < -0.4 is 0 Å². The summed E-state index contributed by atoms with van der Waals surface area (Å²) in [4.78, 5) is 0. The molecule has 3 fully saturated rings. The normalized spacial score (nSPS) is 56.7. The zero-order chi connectivity index (χ0) is 5.12. The van der Waals surface area contributed by atoms with Crippen molar-refractivity contribution in [1.82, 2.24) is 0 Å². The van der Waals surface area contributed by atoms with Gasteiger partial charge in [0.1, 0.15) is 3.41 Å². The molecule has 0 spiro atoms. The summed E-state index contributed by atoms with van der Waals surface area (Å²) in [5, 5.41) is 0. The minimum Gasteiger partial charge on any atom is -0.255 e. The van der Waals surface area contributed by atoms with Gasteiger partial charge in [-0.2, -0.15) is 0 Å². The zero-order valence-electron chi connectivity index (χ0n) is 3.58. The monoisotopic (exact) mass is 172 g/mol. The van der Waals surface area contributed by atoms with Gasteiger partial charge >= 0.3 is 0 Å². The third-order valence-corrected chi connectivity index (χ3v) is 15.5. The summed E-state index contributed by atoms with van der Waals surface area (Å²) in [6.45, 7) is 2.12. The lowest BCUT2D eigenvalue weighted by Crippen LogP contribution is -2.40. The molecule has 3 rings (SSSR count). The highest BCUT2D eigenvalue weighted by Gasteiger charge is 2.63. The Kier molecular flexibility index (Phi) is 0.757. The average Bonchev–Trinajstić information content (AvgIpc) is 1.27. The first kappa shape index (κ1) is 5.02. The highest BCUT2D eigenvalue weighted by Crippen LogP contribution is 2.87. The maximum atomic E-state index is 10.8. The Morgan fingerprint density at radius 1 is 1.43 bits per heavy atom. The quantitative estimate of drug-likeness (QED) is 0.442. The van der Waals surface area contributed by atoms with E-state index in [9.17, 15) is 4.21 Å². The first-order valence-corrected chi connectivity index (χ1v) is 7.81. The molecule has 0 aromatic heterocycles. The Hall–Kier alpha value is 1.20. The number of hydrogen-bond acceptors (Lipinski definition) is 4. The fraction of sp³-hybridized carbons (Fsp3) is 1.00. The SMILES string of the molecule is CC12S[SH](=O)(S1)S2. The Morgan fingerprint density at radius 3 is 1.86 bits per heavy atom. The molecule has 0 aliphatic carbocycles. The molecule has 3 saturated heterocycles. The third kappa shape index (κ3) is 0.528. The van der Waals surface area contributed by atoms with Crippen LogP contribution in [0.4, 0.5) is 0 Å². The van der Waals surface area contributed by atoms with Crippen molar-refractivity contribution in [2.75, 3.05) is 0 Å². The van der Waals surface area contributed by atoms with Crippen LogP contribution in [-0.2, 0) is 7.03 Å². The summed E-state index contributed by atoms with van der Waals surface area (Å²) in [5.41, 5.74) is 0. The maximum Gasteiger partial charge on any atom is 0.140 e. The molecule has 0 amide bonds. The second-order valence-corrected chi connectivity index (χ2v) is 14.6. The van der Waals surface area contributed by atoms with E-state index in [0.29, 0.717) is 3.41 Å². The van der Waals surface area contributed by atoms with Crippen LogP contribution in [0.2, 0.25) is 0 Å². The highest BCUT2D eigenvalue weighted by molar-refractivity contribution is 9.49. The lowest BCUT2D eigenvalue weighted by atomic mass is 10.9. The summed E-state index contributed by atoms with van der Waals surface area (Å²) in [5.74, 6) is 0. The molecule has 42 valence electrons. The van der Waals surface area contributed by atoms with Gasteiger partial charge < -0.3 is 0 Å². The molecule has 0 aromatic carbocycles. The van der Waals surface area contributed by atoms with Crippen LogP contribution in [-0.4, -0.2) is 7.62 Å².